The number of aliphatic hydroxyl groups is 4. The summed E-state index contributed by atoms with van der Waals surface area (Å²) in [5.41, 5.74) is 0. The van der Waals surface area contributed by atoms with E-state index in [-0.39, 0.29) is 6.29 Å². The van der Waals surface area contributed by atoms with Crippen LogP contribution in [0.3, 0.4) is 0 Å². The topological polar surface area (TPSA) is 166 Å². The van der Waals surface area contributed by atoms with Crippen LogP contribution in [0.4, 0.5) is 0 Å². The van der Waals surface area contributed by atoms with Gasteiger partial charge < -0.3 is 25.2 Å². The van der Waals surface area contributed by atoms with Gasteiger partial charge in [-0.15, -0.1) is 0 Å². The van der Waals surface area contributed by atoms with Gasteiger partial charge in [-0.1, -0.05) is 0 Å². The highest BCUT2D eigenvalue weighted by atomic mass is 32.3. The maximum Gasteiger partial charge on any atom is 0.296 e. The fourth-order valence-electron chi connectivity index (χ4n) is 1.20. The molecule has 0 aromatic carbocycles. The molecule has 0 heterocycles. The van der Waals surface area contributed by atoms with Crippen LogP contribution in [0.1, 0.15) is 0 Å². The summed E-state index contributed by atoms with van der Waals surface area (Å²) >= 11 is 0. The Morgan fingerprint density at radius 2 is 1.33 bits per heavy atom. The summed E-state index contributed by atoms with van der Waals surface area (Å²) in [6, 6.07) is 0. The lowest BCUT2D eigenvalue weighted by molar-refractivity contribution is -0.131. The zero-order chi connectivity index (χ0) is 14.9. The molecule has 0 rings (SSSR count). The van der Waals surface area contributed by atoms with Crippen LogP contribution >= 0.6 is 0 Å². The number of hydrogen-bond donors (Lipinski definition) is 4. The molecule has 0 aromatic heterocycles. The summed E-state index contributed by atoms with van der Waals surface area (Å²) in [4.78, 5) is 10.2. The first-order valence-electron chi connectivity index (χ1n) is 4.41. The summed E-state index contributed by atoms with van der Waals surface area (Å²) in [6.07, 6.45) is -7.18. The van der Waals surface area contributed by atoms with E-state index < -0.39 is 42.3 Å². The molecule has 0 spiro atoms. The highest BCUT2D eigenvalue weighted by Crippen LogP contribution is 2.27. The second-order valence-electron chi connectivity index (χ2n) is 3.74. The van der Waals surface area contributed by atoms with Crippen molar-refractivity contribution >= 4 is 26.0 Å². The lowest BCUT2D eigenvalue weighted by Crippen LogP contribution is -2.61. The minimum atomic E-state index is -4.78. The molecule has 3 atom stereocenters. The third kappa shape index (κ3) is 2.87. The molecule has 0 amide bonds. The Bertz CT molecular complexity index is 473. The van der Waals surface area contributed by atoms with Crippen molar-refractivity contribution in [1.29, 1.82) is 0 Å². The van der Waals surface area contributed by atoms with E-state index in [1.165, 1.54) is 0 Å². The molecule has 0 aromatic rings. The first kappa shape index (κ1) is 17.4. The summed E-state index contributed by atoms with van der Waals surface area (Å²) in [5, 5.41) is 37.2. The standard InChI is InChI=1S/C7H14O9S2/c1-17(13,14)7(12,18(2,15)16)6(11)5(10)4(9)3-8/h3-6,9-12H,1-2H3/t4-,5+,6-/m0/s1. The van der Waals surface area contributed by atoms with Crippen LogP contribution in [0.2, 0.25) is 0 Å². The molecule has 0 radical (unpaired) electrons. The van der Waals surface area contributed by atoms with Crippen LogP contribution in [0.5, 0.6) is 0 Å². The van der Waals surface area contributed by atoms with E-state index in [9.17, 15) is 36.9 Å². The number of sulfone groups is 2. The molecule has 0 bridgehead atoms. The van der Waals surface area contributed by atoms with Crippen molar-refractivity contribution in [1.82, 2.24) is 0 Å². The van der Waals surface area contributed by atoms with E-state index in [0.29, 0.717) is 12.5 Å². The van der Waals surface area contributed by atoms with Crippen LogP contribution in [0.15, 0.2) is 0 Å². The molecule has 0 aliphatic heterocycles. The van der Waals surface area contributed by atoms with Gasteiger partial charge in [0.2, 0.25) is 0 Å². The molecule has 4 N–H and O–H groups in total. The Hall–Kier alpha value is -0.590. The summed E-state index contributed by atoms with van der Waals surface area (Å²) < 4.78 is 41.4. The van der Waals surface area contributed by atoms with Gasteiger partial charge in [0.05, 0.1) is 0 Å². The van der Waals surface area contributed by atoms with Gasteiger partial charge in [0.25, 0.3) is 4.27 Å². The largest absolute Gasteiger partial charge is 0.387 e. The number of aldehydes is 1. The van der Waals surface area contributed by atoms with E-state index in [4.69, 9.17) is 5.11 Å². The van der Waals surface area contributed by atoms with Crippen molar-refractivity contribution in [3.63, 3.8) is 0 Å². The first-order valence-corrected chi connectivity index (χ1v) is 8.20. The molecule has 0 fully saturated rings. The smallest absolute Gasteiger partial charge is 0.296 e. The summed E-state index contributed by atoms with van der Waals surface area (Å²) in [7, 11) is -9.56. The Labute approximate surface area is 104 Å². The number of carbonyl (C=O) groups is 1. The summed E-state index contributed by atoms with van der Waals surface area (Å²) in [5.74, 6) is 0. The number of carbonyl (C=O) groups excluding carboxylic acids is 1. The van der Waals surface area contributed by atoms with Crippen LogP contribution in [-0.4, -0.2) is 78.6 Å². The van der Waals surface area contributed by atoms with E-state index in [1.807, 2.05) is 0 Å². The minimum absolute atomic E-state index is 0.251. The predicted molar refractivity (Wildman–Crippen MR) is 58.7 cm³/mol. The van der Waals surface area contributed by atoms with Crippen molar-refractivity contribution in [3.05, 3.63) is 0 Å². The van der Waals surface area contributed by atoms with E-state index >= 15 is 0 Å². The van der Waals surface area contributed by atoms with Gasteiger partial charge in [-0.3, -0.25) is 0 Å². The Kier molecular flexibility index (Phi) is 5.02. The SMILES string of the molecule is CS(=O)(=O)C(O)([C@@H](O)[C@H](O)[C@@H](O)C=O)S(C)(=O)=O. The second kappa shape index (κ2) is 5.19. The van der Waals surface area contributed by atoms with Crippen molar-refractivity contribution in [2.45, 2.75) is 22.6 Å². The predicted octanol–water partition coefficient (Wildman–Crippen LogP) is -4.00. The molecular weight excluding hydrogens is 292 g/mol. The Morgan fingerprint density at radius 1 is 1.00 bits per heavy atom. The summed E-state index contributed by atoms with van der Waals surface area (Å²) in [6.45, 7) is 0. The maximum absolute atomic E-state index is 11.3. The highest BCUT2D eigenvalue weighted by Gasteiger charge is 2.58. The van der Waals surface area contributed by atoms with Gasteiger partial charge in [0.1, 0.15) is 18.3 Å². The molecule has 0 aliphatic rings. The molecule has 18 heavy (non-hydrogen) atoms. The number of hydrogen-bond acceptors (Lipinski definition) is 9. The molecule has 9 nitrogen and oxygen atoms in total. The second-order valence-corrected chi connectivity index (χ2v) is 8.33. The van der Waals surface area contributed by atoms with Gasteiger partial charge in [-0.2, -0.15) is 0 Å². The van der Waals surface area contributed by atoms with E-state index in [0.717, 1.165) is 0 Å². The normalized spacial score (nSPS) is 19.0. The lowest BCUT2D eigenvalue weighted by Gasteiger charge is -2.32. The van der Waals surface area contributed by atoms with Crippen LogP contribution in [0.25, 0.3) is 0 Å². The number of aliphatic hydroxyl groups excluding tert-OH is 3. The van der Waals surface area contributed by atoms with Crippen LogP contribution in [-0.2, 0) is 24.5 Å². The third-order valence-electron chi connectivity index (χ3n) is 2.25. The van der Waals surface area contributed by atoms with Crippen LogP contribution < -0.4 is 0 Å². The first-order chi connectivity index (χ1) is 7.80. The molecule has 0 aliphatic carbocycles. The maximum atomic E-state index is 11.3. The van der Waals surface area contributed by atoms with Crippen molar-refractivity contribution in [2.24, 2.45) is 0 Å². The zero-order valence-electron chi connectivity index (χ0n) is 9.46. The minimum Gasteiger partial charge on any atom is -0.387 e. The monoisotopic (exact) mass is 306 g/mol. The van der Waals surface area contributed by atoms with Gasteiger partial charge in [0, 0.05) is 12.5 Å². The molecule has 0 saturated heterocycles. The van der Waals surface area contributed by atoms with Gasteiger partial charge in [-0.25, -0.2) is 16.8 Å². The molecule has 0 saturated carbocycles. The molecular formula is C7H14O9S2. The third-order valence-corrected chi connectivity index (χ3v) is 6.67. The fourth-order valence-corrected chi connectivity index (χ4v) is 4.55. The molecule has 0 unspecified atom stereocenters. The zero-order valence-corrected chi connectivity index (χ0v) is 11.1. The lowest BCUT2D eigenvalue weighted by atomic mass is 10.1. The van der Waals surface area contributed by atoms with Gasteiger partial charge >= 0.3 is 0 Å². The average molecular weight is 306 g/mol. The van der Waals surface area contributed by atoms with Gasteiger partial charge in [0.15, 0.2) is 26.0 Å². The highest BCUT2D eigenvalue weighted by molar-refractivity contribution is 8.09. The van der Waals surface area contributed by atoms with Gasteiger partial charge in [-0.05, 0) is 0 Å². The fraction of sp³-hybridized carbons (Fsp3) is 0.857. The Morgan fingerprint density at radius 3 is 1.56 bits per heavy atom. The van der Waals surface area contributed by atoms with Crippen molar-refractivity contribution in [2.75, 3.05) is 12.5 Å². The van der Waals surface area contributed by atoms with E-state index in [2.05, 4.69) is 0 Å². The van der Waals surface area contributed by atoms with Crippen LogP contribution in [0, 0.1) is 0 Å². The quantitative estimate of drug-likeness (QED) is 0.357. The number of rotatable bonds is 6. The molecule has 11 heteroatoms. The van der Waals surface area contributed by atoms with Crippen molar-refractivity contribution < 1.29 is 42.1 Å². The molecule has 108 valence electrons. The Balaban J connectivity index is 5.89. The average Bonchev–Trinajstić information content (AvgIpc) is 2.21. The van der Waals surface area contributed by atoms with Crippen molar-refractivity contribution in [3.8, 4) is 0 Å². The van der Waals surface area contributed by atoms with E-state index in [1.54, 1.807) is 0 Å².